The lowest BCUT2D eigenvalue weighted by Gasteiger charge is -2.40. The minimum atomic E-state index is -1.87. The standard InChI is InChI=1S/C23H24O13/c1-33-10-3-7(4-11(34-2)15(10)26)22-20(31)18(29)14-9(35-22)5-8(25)13(17(14)28)23-21(32)19(30)16(27)12(6-24)36-23/h3-5,12,16,19,21,23-28,30-32H,6H2,1-2H3/t12-,16-,19+,21-,23+/m1/s1. The molecule has 36 heavy (non-hydrogen) atoms. The number of aliphatic hydroxyl groups excluding tert-OH is 4. The largest absolute Gasteiger partial charge is 0.507 e. The first-order valence-electron chi connectivity index (χ1n) is 10.6. The van der Waals surface area contributed by atoms with Crippen LogP contribution in [0.5, 0.6) is 34.5 Å². The molecular formula is C23H24O13. The van der Waals surface area contributed by atoms with E-state index in [1.807, 2.05) is 0 Å². The van der Waals surface area contributed by atoms with Gasteiger partial charge in [0.2, 0.25) is 16.9 Å². The fraction of sp³-hybridized carbons (Fsp3) is 0.348. The lowest BCUT2D eigenvalue weighted by atomic mass is 9.89. The lowest BCUT2D eigenvalue weighted by Crippen LogP contribution is -2.55. The monoisotopic (exact) mass is 508 g/mol. The summed E-state index contributed by atoms with van der Waals surface area (Å²) in [5.74, 6) is -3.45. The summed E-state index contributed by atoms with van der Waals surface area (Å²) in [6.45, 7) is -0.762. The summed E-state index contributed by atoms with van der Waals surface area (Å²) >= 11 is 0. The van der Waals surface area contributed by atoms with Crippen LogP contribution < -0.4 is 14.9 Å². The minimum absolute atomic E-state index is 0.0509. The Labute approximate surface area is 202 Å². The van der Waals surface area contributed by atoms with E-state index < -0.39 is 76.5 Å². The summed E-state index contributed by atoms with van der Waals surface area (Å²) in [4.78, 5) is 13.1. The zero-order chi connectivity index (χ0) is 26.5. The third-order valence-corrected chi connectivity index (χ3v) is 6.07. The Balaban J connectivity index is 1.92. The summed E-state index contributed by atoms with van der Waals surface area (Å²) in [6.07, 6.45) is -8.40. The molecular weight excluding hydrogens is 484 g/mol. The van der Waals surface area contributed by atoms with E-state index in [9.17, 15) is 45.6 Å². The van der Waals surface area contributed by atoms with Gasteiger partial charge in [-0.05, 0) is 12.1 Å². The van der Waals surface area contributed by atoms with Crippen molar-refractivity contribution in [2.24, 2.45) is 0 Å². The highest BCUT2D eigenvalue weighted by molar-refractivity contribution is 5.90. The van der Waals surface area contributed by atoms with Crippen molar-refractivity contribution in [1.29, 1.82) is 0 Å². The number of fused-ring (bicyclic) bond motifs is 1. The molecule has 0 unspecified atom stereocenters. The molecule has 0 bridgehead atoms. The van der Waals surface area contributed by atoms with Crippen molar-refractivity contribution < 1.29 is 59.5 Å². The number of benzene rings is 2. The molecule has 2 aromatic carbocycles. The first-order chi connectivity index (χ1) is 17.0. The van der Waals surface area contributed by atoms with Gasteiger partial charge in [-0.1, -0.05) is 0 Å². The van der Waals surface area contributed by atoms with Crippen LogP contribution in [0.1, 0.15) is 11.7 Å². The number of methoxy groups -OCH3 is 2. The minimum Gasteiger partial charge on any atom is -0.507 e. The third kappa shape index (κ3) is 3.83. The Morgan fingerprint density at radius 3 is 2.03 bits per heavy atom. The van der Waals surface area contributed by atoms with Crippen molar-refractivity contribution in [3.63, 3.8) is 0 Å². The summed E-state index contributed by atoms with van der Waals surface area (Å²) in [5, 5.41) is 81.6. The van der Waals surface area contributed by atoms with E-state index in [1.54, 1.807) is 0 Å². The first kappa shape index (κ1) is 25.3. The Morgan fingerprint density at radius 2 is 1.47 bits per heavy atom. The molecule has 0 amide bonds. The van der Waals surface area contributed by atoms with Gasteiger partial charge in [-0.3, -0.25) is 4.79 Å². The molecule has 0 saturated carbocycles. The van der Waals surface area contributed by atoms with Crippen molar-refractivity contribution in [3.8, 4) is 45.8 Å². The topological polar surface area (TPSA) is 220 Å². The van der Waals surface area contributed by atoms with E-state index in [4.69, 9.17) is 18.6 Å². The van der Waals surface area contributed by atoms with Crippen LogP contribution in [-0.2, 0) is 4.74 Å². The Kier molecular flexibility index (Phi) is 6.60. The van der Waals surface area contributed by atoms with Gasteiger partial charge in [0.05, 0.1) is 26.4 Å². The highest BCUT2D eigenvalue weighted by Gasteiger charge is 2.46. The van der Waals surface area contributed by atoms with Crippen molar-refractivity contribution in [3.05, 3.63) is 34.0 Å². The molecule has 13 heteroatoms. The zero-order valence-corrected chi connectivity index (χ0v) is 18.9. The molecule has 1 aromatic heterocycles. The Morgan fingerprint density at radius 1 is 0.861 bits per heavy atom. The van der Waals surface area contributed by atoms with Crippen molar-refractivity contribution in [2.75, 3.05) is 20.8 Å². The van der Waals surface area contributed by atoms with Crippen molar-refractivity contribution in [1.82, 2.24) is 0 Å². The van der Waals surface area contributed by atoms with Gasteiger partial charge in [-0.15, -0.1) is 0 Å². The van der Waals surface area contributed by atoms with Crippen LogP contribution in [-0.4, -0.2) is 86.1 Å². The van der Waals surface area contributed by atoms with Gasteiger partial charge < -0.3 is 59.5 Å². The van der Waals surface area contributed by atoms with Gasteiger partial charge in [0.15, 0.2) is 17.3 Å². The molecule has 0 spiro atoms. The number of aromatic hydroxyl groups is 4. The second-order valence-corrected chi connectivity index (χ2v) is 8.12. The molecule has 8 N–H and O–H groups in total. The maximum absolute atomic E-state index is 13.1. The molecule has 0 radical (unpaired) electrons. The summed E-state index contributed by atoms with van der Waals surface area (Å²) < 4.78 is 21.1. The van der Waals surface area contributed by atoms with Crippen LogP contribution in [0.3, 0.4) is 0 Å². The summed E-state index contributed by atoms with van der Waals surface area (Å²) in [6, 6.07) is 3.43. The average molecular weight is 508 g/mol. The molecule has 2 heterocycles. The zero-order valence-electron chi connectivity index (χ0n) is 18.9. The van der Waals surface area contributed by atoms with E-state index >= 15 is 0 Å². The molecule has 1 aliphatic heterocycles. The maximum Gasteiger partial charge on any atom is 0.238 e. The Hall–Kier alpha value is -3.75. The number of ether oxygens (including phenoxy) is 3. The van der Waals surface area contributed by atoms with E-state index in [2.05, 4.69) is 0 Å². The van der Waals surface area contributed by atoms with Gasteiger partial charge in [0.25, 0.3) is 0 Å². The van der Waals surface area contributed by atoms with Gasteiger partial charge >= 0.3 is 0 Å². The van der Waals surface area contributed by atoms with Crippen LogP contribution in [0.25, 0.3) is 22.3 Å². The predicted octanol–water partition coefficient (Wildman–Crippen LogP) is -0.186. The number of rotatable bonds is 5. The predicted molar refractivity (Wildman–Crippen MR) is 120 cm³/mol. The second kappa shape index (κ2) is 9.37. The van der Waals surface area contributed by atoms with E-state index in [1.165, 1.54) is 26.4 Å². The quantitative estimate of drug-likeness (QED) is 0.224. The molecule has 4 rings (SSSR count). The lowest BCUT2D eigenvalue weighted by molar-refractivity contribution is -0.232. The van der Waals surface area contributed by atoms with E-state index in [0.717, 1.165) is 6.07 Å². The van der Waals surface area contributed by atoms with Gasteiger partial charge in [0.1, 0.15) is 53.0 Å². The summed E-state index contributed by atoms with van der Waals surface area (Å²) in [7, 11) is 2.54. The van der Waals surface area contributed by atoms with Gasteiger partial charge in [0, 0.05) is 11.6 Å². The molecule has 13 nitrogen and oxygen atoms in total. The summed E-state index contributed by atoms with van der Waals surface area (Å²) in [5.41, 5.74) is -1.98. The van der Waals surface area contributed by atoms with E-state index in [0.29, 0.717) is 0 Å². The Bertz CT molecular complexity index is 1340. The smallest absolute Gasteiger partial charge is 0.238 e. The number of phenols is 3. The van der Waals surface area contributed by atoms with Gasteiger partial charge in [-0.2, -0.15) is 0 Å². The highest BCUT2D eigenvalue weighted by atomic mass is 16.5. The van der Waals surface area contributed by atoms with Crippen LogP contribution in [0.15, 0.2) is 27.4 Å². The van der Waals surface area contributed by atoms with Crippen molar-refractivity contribution in [2.45, 2.75) is 30.5 Å². The number of phenolic OH excluding ortho intramolecular Hbond substituents is 3. The molecule has 1 saturated heterocycles. The normalized spacial score (nSPS) is 24.1. The van der Waals surface area contributed by atoms with Gasteiger partial charge in [-0.25, -0.2) is 0 Å². The average Bonchev–Trinajstić information content (AvgIpc) is 2.86. The fourth-order valence-electron chi connectivity index (χ4n) is 4.17. The highest BCUT2D eigenvalue weighted by Crippen LogP contribution is 2.47. The number of hydrogen-bond acceptors (Lipinski definition) is 13. The number of hydrogen-bond donors (Lipinski definition) is 8. The van der Waals surface area contributed by atoms with Crippen LogP contribution in [0.2, 0.25) is 0 Å². The molecule has 1 aliphatic rings. The van der Waals surface area contributed by atoms with Crippen molar-refractivity contribution >= 4 is 11.0 Å². The first-order valence-corrected chi connectivity index (χ1v) is 10.6. The fourth-order valence-corrected chi connectivity index (χ4v) is 4.17. The van der Waals surface area contributed by atoms with E-state index in [-0.39, 0.29) is 28.4 Å². The number of aliphatic hydroxyl groups is 4. The maximum atomic E-state index is 13.1. The van der Waals surface area contributed by atoms with Crippen LogP contribution in [0.4, 0.5) is 0 Å². The molecule has 194 valence electrons. The third-order valence-electron chi connectivity index (χ3n) is 6.07. The second-order valence-electron chi connectivity index (χ2n) is 8.12. The molecule has 1 fully saturated rings. The molecule has 0 aliphatic carbocycles. The van der Waals surface area contributed by atoms with Crippen LogP contribution in [0, 0.1) is 0 Å². The molecule has 5 atom stereocenters. The van der Waals surface area contributed by atoms with Crippen LogP contribution >= 0.6 is 0 Å². The SMILES string of the molecule is COc1cc(-c2oc3cc(O)c([C@@H]4O[C@H](CO)[C@@H](O)[C@H](O)[C@H]4O)c(O)c3c(=O)c2O)cc(OC)c1O. The molecule has 3 aromatic rings.